The van der Waals surface area contributed by atoms with E-state index in [4.69, 9.17) is 4.42 Å². The minimum Gasteiger partial charge on any atom is -0.440 e. The van der Waals surface area contributed by atoms with E-state index in [1.54, 1.807) is 23.8 Å². The van der Waals surface area contributed by atoms with Crippen molar-refractivity contribution in [2.45, 2.75) is 24.8 Å². The molecule has 104 valence electrons. The van der Waals surface area contributed by atoms with Crippen LogP contribution in [-0.4, -0.2) is 22.0 Å². The number of thiophene rings is 1. The van der Waals surface area contributed by atoms with E-state index in [-0.39, 0.29) is 0 Å². The molecular formula is C13H14N4OS2. The zero-order valence-electron chi connectivity index (χ0n) is 11.4. The summed E-state index contributed by atoms with van der Waals surface area (Å²) in [6.45, 7) is 4.22. The third-order valence-electron chi connectivity index (χ3n) is 3.05. The largest absolute Gasteiger partial charge is 0.440 e. The summed E-state index contributed by atoms with van der Waals surface area (Å²) in [6.07, 6.45) is 3.20. The zero-order valence-corrected chi connectivity index (χ0v) is 13.1. The Balaban J connectivity index is 1.96. The maximum atomic E-state index is 5.21. The van der Waals surface area contributed by atoms with Crippen molar-refractivity contribution in [3.63, 3.8) is 0 Å². The molecule has 0 fully saturated rings. The summed E-state index contributed by atoms with van der Waals surface area (Å²) < 4.78 is 5.21. The second-order valence-corrected chi connectivity index (χ2v) is 6.42. The Morgan fingerprint density at radius 2 is 2.20 bits per heavy atom. The molecule has 0 bridgehead atoms. The lowest BCUT2D eigenvalue weighted by molar-refractivity contribution is 0.454. The Morgan fingerprint density at radius 1 is 1.35 bits per heavy atom. The van der Waals surface area contributed by atoms with Gasteiger partial charge < -0.3 is 9.73 Å². The third kappa shape index (κ3) is 2.38. The fourth-order valence-corrected chi connectivity index (χ4v) is 3.64. The molecule has 0 saturated heterocycles. The predicted molar refractivity (Wildman–Crippen MR) is 82.5 cm³/mol. The Kier molecular flexibility index (Phi) is 3.62. The summed E-state index contributed by atoms with van der Waals surface area (Å²) in [5, 5.41) is 4.93. The van der Waals surface area contributed by atoms with Crippen LogP contribution in [0.3, 0.4) is 0 Å². The van der Waals surface area contributed by atoms with Crippen molar-refractivity contribution in [3.05, 3.63) is 28.7 Å². The molecule has 5 nitrogen and oxygen atoms in total. The topological polar surface area (TPSA) is 63.8 Å². The molecular weight excluding hydrogens is 292 g/mol. The minimum absolute atomic E-state index is 0.637. The number of nitrogens with zero attached hydrogens (tertiary/aromatic N) is 3. The molecule has 0 aliphatic carbocycles. The van der Waals surface area contributed by atoms with E-state index < -0.39 is 0 Å². The molecule has 3 aromatic rings. The second-order valence-electron chi connectivity index (χ2n) is 4.29. The van der Waals surface area contributed by atoms with Crippen molar-refractivity contribution in [1.29, 1.82) is 0 Å². The average molecular weight is 306 g/mol. The Labute approximate surface area is 124 Å². The first-order valence-electron chi connectivity index (χ1n) is 6.15. The molecule has 7 heteroatoms. The third-order valence-corrected chi connectivity index (χ3v) is 5.00. The molecule has 0 radical (unpaired) electrons. The van der Waals surface area contributed by atoms with Gasteiger partial charge in [-0.15, -0.1) is 11.3 Å². The summed E-state index contributed by atoms with van der Waals surface area (Å²) in [5.74, 6) is 2.31. The normalized spacial score (nSPS) is 11.2. The predicted octanol–water partition coefficient (Wildman–Crippen LogP) is 3.63. The molecule has 0 spiro atoms. The zero-order chi connectivity index (χ0) is 14.1. The Hall–Kier alpha value is -1.60. The molecule has 3 rings (SSSR count). The van der Waals surface area contributed by atoms with Crippen molar-refractivity contribution < 1.29 is 4.42 Å². The number of oxazole rings is 1. The average Bonchev–Trinajstić information content (AvgIpc) is 3.05. The number of thioether (sulfide) groups is 1. The molecule has 0 unspecified atom stereocenters. The van der Waals surface area contributed by atoms with Gasteiger partial charge in [-0.2, -0.15) is 0 Å². The van der Waals surface area contributed by atoms with Crippen LogP contribution in [-0.2, 0) is 5.75 Å². The first kappa shape index (κ1) is 13.4. The number of aromatic nitrogens is 3. The number of hydrogen-bond donors (Lipinski definition) is 1. The van der Waals surface area contributed by atoms with Gasteiger partial charge in [0.2, 0.25) is 0 Å². The SMILES string of the molecule is CNc1nc(CSc2ncco2)nc2sc(C)c(C)c12. The molecule has 0 atom stereocenters. The van der Waals surface area contributed by atoms with Crippen LogP contribution in [0.25, 0.3) is 10.2 Å². The quantitative estimate of drug-likeness (QED) is 0.743. The molecule has 20 heavy (non-hydrogen) atoms. The highest BCUT2D eigenvalue weighted by Crippen LogP contribution is 2.33. The number of hydrogen-bond acceptors (Lipinski definition) is 7. The number of aryl methyl sites for hydroxylation is 2. The maximum absolute atomic E-state index is 5.21. The molecule has 3 aromatic heterocycles. The van der Waals surface area contributed by atoms with Crippen LogP contribution in [0, 0.1) is 13.8 Å². The van der Waals surface area contributed by atoms with Crippen LogP contribution in [0.5, 0.6) is 0 Å². The van der Waals surface area contributed by atoms with Crippen LogP contribution in [0.15, 0.2) is 22.1 Å². The number of nitrogens with one attached hydrogen (secondary N) is 1. The summed E-state index contributed by atoms with van der Waals surface area (Å²) >= 11 is 3.20. The molecule has 0 aromatic carbocycles. The summed E-state index contributed by atoms with van der Waals surface area (Å²) in [4.78, 5) is 15.6. The summed E-state index contributed by atoms with van der Waals surface area (Å²) in [6, 6.07) is 0. The van der Waals surface area contributed by atoms with Gasteiger partial charge in [0.25, 0.3) is 5.22 Å². The monoisotopic (exact) mass is 306 g/mol. The van der Waals surface area contributed by atoms with Crippen LogP contribution in [0.1, 0.15) is 16.3 Å². The van der Waals surface area contributed by atoms with Crippen molar-refractivity contribution in [2.24, 2.45) is 0 Å². The van der Waals surface area contributed by atoms with E-state index in [0.717, 1.165) is 21.9 Å². The minimum atomic E-state index is 0.637. The number of fused-ring (bicyclic) bond motifs is 1. The second kappa shape index (κ2) is 5.41. The Morgan fingerprint density at radius 3 is 2.90 bits per heavy atom. The van der Waals surface area contributed by atoms with Crippen molar-refractivity contribution >= 4 is 39.1 Å². The first-order chi connectivity index (χ1) is 9.69. The lowest BCUT2D eigenvalue weighted by Crippen LogP contribution is -2.00. The summed E-state index contributed by atoms with van der Waals surface area (Å²) in [7, 11) is 1.89. The fraction of sp³-hybridized carbons (Fsp3) is 0.308. The van der Waals surface area contributed by atoms with E-state index in [0.29, 0.717) is 11.0 Å². The van der Waals surface area contributed by atoms with Gasteiger partial charge in [-0.1, -0.05) is 11.8 Å². The van der Waals surface area contributed by atoms with Gasteiger partial charge in [-0.3, -0.25) is 0 Å². The van der Waals surface area contributed by atoms with E-state index in [1.807, 2.05) is 7.05 Å². The van der Waals surface area contributed by atoms with Crippen LogP contribution in [0.4, 0.5) is 5.82 Å². The van der Waals surface area contributed by atoms with E-state index in [9.17, 15) is 0 Å². The smallest absolute Gasteiger partial charge is 0.255 e. The van der Waals surface area contributed by atoms with Gasteiger partial charge in [0, 0.05) is 11.9 Å². The highest BCUT2D eigenvalue weighted by atomic mass is 32.2. The first-order valence-corrected chi connectivity index (χ1v) is 7.96. The van der Waals surface area contributed by atoms with Gasteiger partial charge >= 0.3 is 0 Å². The number of anilines is 1. The van der Waals surface area contributed by atoms with Crippen LogP contribution < -0.4 is 5.32 Å². The van der Waals surface area contributed by atoms with Crippen molar-refractivity contribution in [1.82, 2.24) is 15.0 Å². The van der Waals surface area contributed by atoms with Crippen LogP contribution >= 0.6 is 23.1 Å². The van der Waals surface area contributed by atoms with E-state index in [2.05, 4.69) is 34.1 Å². The maximum Gasteiger partial charge on any atom is 0.255 e. The van der Waals surface area contributed by atoms with Crippen LogP contribution in [0.2, 0.25) is 0 Å². The molecule has 0 amide bonds. The van der Waals surface area contributed by atoms with Gasteiger partial charge in [0.15, 0.2) is 0 Å². The highest BCUT2D eigenvalue weighted by molar-refractivity contribution is 7.98. The molecule has 3 heterocycles. The lowest BCUT2D eigenvalue weighted by atomic mass is 10.2. The fourth-order valence-electron chi connectivity index (χ4n) is 1.95. The van der Waals surface area contributed by atoms with Gasteiger partial charge in [0.1, 0.15) is 22.7 Å². The van der Waals surface area contributed by atoms with Crippen molar-refractivity contribution in [2.75, 3.05) is 12.4 Å². The van der Waals surface area contributed by atoms with Gasteiger partial charge in [0.05, 0.1) is 17.3 Å². The van der Waals surface area contributed by atoms with Crippen molar-refractivity contribution in [3.8, 4) is 0 Å². The summed E-state index contributed by atoms with van der Waals surface area (Å²) in [5.41, 5.74) is 1.25. The molecule has 0 saturated carbocycles. The Bertz CT molecular complexity index is 736. The van der Waals surface area contributed by atoms with E-state index in [1.165, 1.54) is 22.2 Å². The molecule has 0 aliphatic heterocycles. The van der Waals surface area contributed by atoms with Gasteiger partial charge in [-0.05, 0) is 19.4 Å². The highest BCUT2D eigenvalue weighted by Gasteiger charge is 2.14. The van der Waals surface area contributed by atoms with Gasteiger partial charge in [-0.25, -0.2) is 15.0 Å². The number of rotatable bonds is 4. The van der Waals surface area contributed by atoms with E-state index >= 15 is 0 Å². The lowest BCUT2D eigenvalue weighted by Gasteiger charge is -2.05. The molecule has 1 N–H and O–H groups in total. The standard InChI is InChI=1S/C13H14N4OS2/c1-7-8(2)20-12-10(7)11(14-3)16-9(17-12)6-19-13-15-4-5-18-13/h4-5H,6H2,1-3H3,(H,14,16,17). The molecule has 0 aliphatic rings.